The minimum atomic E-state index is 0.231. The Morgan fingerprint density at radius 3 is 2.47 bits per heavy atom. The quantitative estimate of drug-likeness (QED) is 0.867. The van der Waals surface area contributed by atoms with Crippen LogP contribution in [-0.2, 0) is 16.8 Å². The molecule has 1 unspecified atom stereocenters. The third-order valence-electron chi connectivity index (χ3n) is 3.32. The van der Waals surface area contributed by atoms with Gasteiger partial charge in [-0.1, -0.05) is 45.0 Å². The van der Waals surface area contributed by atoms with Gasteiger partial charge in [-0.2, -0.15) is 0 Å². The lowest BCUT2D eigenvalue weighted by atomic mass is 9.87. The summed E-state index contributed by atoms with van der Waals surface area (Å²) in [6, 6.07) is 8.79. The van der Waals surface area contributed by atoms with Gasteiger partial charge in [0.15, 0.2) is 0 Å². The third-order valence-corrected chi connectivity index (χ3v) is 3.32. The molecule has 1 aliphatic heterocycles. The number of benzene rings is 1. The molecule has 1 aromatic carbocycles. The summed E-state index contributed by atoms with van der Waals surface area (Å²) in [7, 11) is 0. The first-order valence-corrected chi connectivity index (χ1v) is 6.47. The lowest BCUT2D eigenvalue weighted by Crippen LogP contribution is -2.16. The zero-order valence-corrected chi connectivity index (χ0v) is 11.1. The smallest absolute Gasteiger partial charge is 0.0721 e. The number of hydrogen-bond acceptors (Lipinski definition) is 2. The molecule has 0 bridgehead atoms. The van der Waals surface area contributed by atoms with Gasteiger partial charge >= 0.3 is 0 Å². The van der Waals surface area contributed by atoms with Gasteiger partial charge < -0.3 is 10.1 Å². The van der Waals surface area contributed by atoms with Crippen molar-refractivity contribution in [1.82, 2.24) is 5.32 Å². The van der Waals surface area contributed by atoms with Crippen molar-refractivity contribution in [2.75, 3.05) is 13.1 Å². The van der Waals surface area contributed by atoms with Crippen LogP contribution in [0, 0.1) is 0 Å². The number of ether oxygens (including phenoxy) is 1. The Hall–Kier alpha value is -0.860. The molecule has 1 fully saturated rings. The molecule has 0 aliphatic carbocycles. The first-order valence-electron chi connectivity index (χ1n) is 6.47. The lowest BCUT2D eigenvalue weighted by molar-refractivity contribution is 0.0542. The predicted octanol–water partition coefficient (Wildman–Crippen LogP) is 2.86. The van der Waals surface area contributed by atoms with E-state index in [2.05, 4.69) is 50.4 Å². The summed E-state index contributed by atoms with van der Waals surface area (Å²) < 4.78 is 5.85. The lowest BCUT2D eigenvalue weighted by Gasteiger charge is -2.19. The van der Waals surface area contributed by atoms with E-state index in [1.807, 2.05) is 0 Å². The fraction of sp³-hybridized carbons (Fsp3) is 0.600. The Morgan fingerprint density at radius 2 is 1.94 bits per heavy atom. The van der Waals surface area contributed by atoms with E-state index in [9.17, 15) is 0 Å². The normalized spacial score (nSPS) is 20.8. The Bertz CT molecular complexity index is 344. The minimum Gasteiger partial charge on any atom is -0.372 e. The molecule has 0 saturated carbocycles. The van der Waals surface area contributed by atoms with Gasteiger partial charge in [0, 0.05) is 6.54 Å². The summed E-state index contributed by atoms with van der Waals surface area (Å²) in [4.78, 5) is 0. The molecule has 94 valence electrons. The highest BCUT2D eigenvalue weighted by molar-refractivity contribution is 5.27. The third kappa shape index (κ3) is 3.55. The number of nitrogens with one attached hydrogen (secondary N) is 1. The van der Waals surface area contributed by atoms with Crippen molar-refractivity contribution in [3.63, 3.8) is 0 Å². The van der Waals surface area contributed by atoms with E-state index >= 15 is 0 Å². The molecule has 1 heterocycles. The molecule has 1 atom stereocenters. The van der Waals surface area contributed by atoms with E-state index < -0.39 is 0 Å². The van der Waals surface area contributed by atoms with Gasteiger partial charge in [0.25, 0.3) is 0 Å². The standard InChI is InChI=1S/C15H23NO/c1-15(2,3)13-6-4-12(5-7-13)11-17-14-8-9-16-10-14/h4-7,14,16H,8-11H2,1-3H3. The summed E-state index contributed by atoms with van der Waals surface area (Å²) in [5.74, 6) is 0. The van der Waals surface area contributed by atoms with E-state index in [0.717, 1.165) is 26.1 Å². The van der Waals surface area contributed by atoms with Crippen molar-refractivity contribution in [3.8, 4) is 0 Å². The van der Waals surface area contributed by atoms with Crippen LogP contribution >= 0.6 is 0 Å². The van der Waals surface area contributed by atoms with Crippen LogP contribution in [-0.4, -0.2) is 19.2 Å². The van der Waals surface area contributed by atoms with Crippen LogP contribution in [0.3, 0.4) is 0 Å². The topological polar surface area (TPSA) is 21.3 Å². The first-order chi connectivity index (χ1) is 8.05. The second-order valence-electron chi connectivity index (χ2n) is 5.87. The summed E-state index contributed by atoms with van der Waals surface area (Å²) in [5.41, 5.74) is 2.88. The average Bonchev–Trinajstić information content (AvgIpc) is 2.78. The van der Waals surface area contributed by atoms with Crippen LogP contribution in [0.25, 0.3) is 0 Å². The predicted molar refractivity (Wildman–Crippen MR) is 71.2 cm³/mol. The second kappa shape index (κ2) is 5.19. The molecule has 0 spiro atoms. The second-order valence-corrected chi connectivity index (χ2v) is 5.87. The van der Waals surface area contributed by atoms with Gasteiger partial charge in [-0.15, -0.1) is 0 Å². The Balaban J connectivity index is 1.89. The van der Waals surface area contributed by atoms with Crippen molar-refractivity contribution in [1.29, 1.82) is 0 Å². The van der Waals surface area contributed by atoms with Gasteiger partial charge in [0.2, 0.25) is 0 Å². The van der Waals surface area contributed by atoms with Gasteiger partial charge in [-0.3, -0.25) is 0 Å². The molecule has 0 radical (unpaired) electrons. The Kier molecular flexibility index (Phi) is 3.85. The van der Waals surface area contributed by atoms with E-state index in [1.165, 1.54) is 11.1 Å². The fourth-order valence-electron chi connectivity index (χ4n) is 2.09. The maximum atomic E-state index is 5.85. The van der Waals surface area contributed by atoms with Crippen LogP contribution in [0.15, 0.2) is 24.3 Å². The van der Waals surface area contributed by atoms with Crippen LogP contribution in [0.2, 0.25) is 0 Å². The van der Waals surface area contributed by atoms with E-state index in [0.29, 0.717) is 6.10 Å². The monoisotopic (exact) mass is 233 g/mol. The van der Waals surface area contributed by atoms with E-state index in [4.69, 9.17) is 4.74 Å². The maximum Gasteiger partial charge on any atom is 0.0721 e. The molecule has 0 amide bonds. The zero-order valence-electron chi connectivity index (χ0n) is 11.1. The van der Waals surface area contributed by atoms with Crippen molar-refractivity contribution in [3.05, 3.63) is 35.4 Å². The first kappa shape index (κ1) is 12.6. The Labute approximate surface area is 104 Å². The van der Waals surface area contributed by atoms with Gasteiger partial charge in [0.1, 0.15) is 0 Å². The molecule has 2 rings (SSSR count). The van der Waals surface area contributed by atoms with Crippen LogP contribution < -0.4 is 5.32 Å². The van der Waals surface area contributed by atoms with E-state index in [-0.39, 0.29) is 5.41 Å². The highest BCUT2D eigenvalue weighted by Crippen LogP contribution is 2.22. The van der Waals surface area contributed by atoms with Crippen LogP contribution in [0.5, 0.6) is 0 Å². The molecule has 1 aromatic rings. The summed E-state index contributed by atoms with van der Waals surface area (Å²) >= 11 is 0. The molecular weight excluding hydrogens is 210 g/mol. The molecule has 0 aromatic heterocycles. The number of rotatable bonds is 3. The summed E-state index contributed by atoms with van der Waals surface area (Å²) in [5, 5.41) is 3.31. The largest absolute Gasteiger partial charge is 0.372 e. The molecule has 2 nitrogen and oxygen atoms in total. The van der Waals surface area contributed by atoms with Crippen molar-refractivity contribution in [2.24, 2.45) is 0 Å². The SMILES string of the molecule is CC(C)(C)c1ccc(COC2CCNC2)cc1. The van der Waals surface area contributed by atoms with Crippen LogP contribution in [0.1, 0.15) is 38.3 Å². The van der Waals surface area contributed by atoms with Crippen molar-refractivity contribution < 1.29 is 4.74 Å². The van der Waals surface area contributed by atoms with E-state index in [1.54, 1.807) is 0 Å². The maximum absolute atomic E-state index is 5.85. The fourth-order valence-corrected chi connectivity index (χ4v) is 2.09. The Morgan fingerprint density at radius 1 is 1.24 bits per heavy atom. The minimum absolute atomic E-state index is 0.231. The highest BCUT2D eigenvalue weighted by atomic mass is 16.5. The van der Waals surface area contributed by atoms with Gasteiger partial charge in [0.05, 0.1) is 12.7 Å². The molecule has 1 N–H and O–H groups in total. The highest BCUT2D eigenvalue weighted by Gasteiger charge is 2.15. The number of hydrogen-bond donors (Lipinski definition) is 1. The molecule has 1 aliphatic rings. The molecular formula is C15H23NO. The summed E-state index contributed by atoms with van der Waals surface area (Å²) in [6.07, 6.45) is 1.54. The van der Waals surface area contributed by atoms with Gasteiger partial charge in [-0.05, 0) is 29.5 Å². The summed E-state index contributed by atoms with van der Waals surface area (Å²) in [6.45, 7) is 9.54. The van der Waals surface area contributed by atoms with Gasteiger partial charge in [-0.25, -0.2) is 0 Å². The molecule has 2 heteroatoms. The zero-order chi connectivity index (χ0) is 12.3. The average molecular weight is 233 g/mol. The van der Waals surface area contributed by atoms with Crippen molar-refractivity contribution >= 4 is 0 Å². The van der Waals surface area contributed by atoms with Crippen molar-refractivity contribution in [2.45, 2.75) is 45.3 Å². The molecule has 17 heavy (non-hydrogen) atoms. The molecule has 1 saturated heterocycles. The van der Waals surface area contributed by atoms with Crippen LogP contribution in [0.4, 0.5) is 0 Å².